The fraction of sp³-hybridized carbons (Fsp3) is 0.316. The average molecular weight is 310 g/mol. The molecule has 2 aromatic carbocycles. The lowest BCUT2D eigenvalue weighted by Gasteiger charge is -2.15. The summed E-state index contributed by atoms with van der Waals surface area (Å²) in [5.41, 5.74) is 3.88. The minimum Gasteiger partial charge on any atom is -0.388 e. The highest BCUT2D eigenvalue weighted by molar-refractivity contribution is 5.75. The van der Waals surface area contributed by atoms with E-state index in [-0.39, 0.29) is 6.61 Å². The van der Waals surface area contributed by atoms with Gasteiger partial charge in [0, 0.05) is 0 Å². The number of benzene rings is 2. The first kappa shape index (κ1) is 15.7. The fourth-order valence-corrected chi connectivity index (χ4v) is 2.83. The molecular formula is C19H22N2O2. The standard InChI is InChI=1S/C19H22N2O2/c1-13(2)14-7-9-15(10-8-14)18(23)11-21-17-6-4-3-5-16(17)20-19(21)12-22/h3-10,13,18,22-23H,11-12H2,1-2H3/t18-/m0/s1. The van der Waals surface area contributed by atoms with Crippen LogP contribution in [0.2, 0.25) is 0 Å². The molecule has 23 heavy (non-hydrogen) atoms. The zero-order valence-corrected chi connectivity index (χ0v) is 13.5. The van der Waals surface area contributed by atoms with Crippen LogP contribution in [0, 0.1) is 0 Å². The molecule has 0 aliphatic heterocycles. The van der Waals surface area contributed by atoms with Gasteiger partial charge in [0.1, 0.15) is 12.4 Å². The molecule has 0 amide bonds. The number of rotatable bonds is 5. The molecule has 3 aromatic rings. The summed E-state index contributed by atoms with van der Waals surface area (Å²) >= 11 is 0. The smallest absolute Gasteiger partial charge is 0.135 e. The van der Waals surface area contributed by atoms with E-state index in [0.717, 1.165) is 16.6 Å². The van der Waals surface area contributed by atoms with Crippen molar-refractivity contribution in [3.8, 4) is 0 Å². The number of hydrogen-bond donors (Lipinski definition) is 2. The number of fused-ring (bicyclic) bond motifs is 1. The number of nitrogens with zero attached hydrogens (tertiary/aromatic N) is 2. The summed E-state index contributed by atoms with van der Waals surface area (Å²) in [6.45, 7) is 4.53. The number of imidazole rings is 1. The van der Waals surface area contributed by atoms with Gasteiger partial charge < -0.3 is 14.8 Å². The molecule has 0 saturated heterocycles. The van der Waals surface area contributed by atoms with Crippen LogP contribution in [0.3, 0.4) is 0 Å². The van der Waals surface area contributed by atoms with Gasteiger partial charge in [-0.25, -0.2) is 4.98 Å². The molecule has 4 heteroatoms. The third kappa shape index (κ3) is 3.14. The molecule has 0 spiro atoms. The topological polar surface area (TPSA) is 58.3 Å². The summed E-state index contributed by atoms with van der Waals surface area (Å²) in [6, 6.07) is 15.8. The molecule has 0 unspecified atom stereocenters. The van der Waals surface area contributed by atoms with Crippen molar-refractivity contribution in [3.63, 3.8) is 0 Å². The van der Waals surface area contributed by atoms with Crippen molar-refractivity contribution in [2.75, 3.05) is 0 Å². The zero-order chi connectivity index (χ0) is 16.4. The Bertz CT molecular complexity index is 791. The Morgan fingerprint density at radius 3 is 2.30 bits per heavy atom. The van der Waals surface area contributed by atoms with Gasteiger partial charge in [0.2, 0.25) is 0 Å². The number of para-hydroxylation sites is 2. The van der Waals surface area contributed by atoms with E-state index in [2.05, 4.69) is 31.0 Å². The van der Waals surface area contributed by atoms with E-state index in [1.807, 2.05) is 41.0 Å². The van der Waals surface area contributed by atoms with Crippen LogP contribution < -0.4 is 0 Å². The van der Waals surface area contributed by atoms with Gasteiger partial charge in [-0.05, 0) is 29.2 Å². The number of aromatic nitrogens is 2. The molecule has 0 bridgehead atoms. The second kappa shape index (κ2) is 6.52. The summed E-state index contributed by atoms with van der Waals surface area (Å²) in [5, 5.41) is 20.1. The van der Waals surface area contributed by atoms with Gasteiger partial charge in [0.25, 0.3) is 0 Å². The molecule has 1 atom stereocenters. The van der Waals surface area contributed by atoms with Gasteiger partial charge in [-0.3, -0.25) is 0 Å². The van der Waals surface area contributed by atoms with Crippen LogP contribution in [0.25, 0.3) is 11.0 Å². The minimum atomic E-state index is -0.640. The summed E-state index contributed by atoms with van der Waals surface area (Å²) in [7, 11) is 0. The maximum absolute atomic E-state index is 10.6. The Balaban J connectivity index is 1.89. The van der Waals surface area contributed by atoms with E-state index in [1.54, 1.807) is 0 Å². The van der Waals surface area contributed by atoms with E-state index < -0.39 is 6.10 Å². The van der Waals surface area contributed by atoms with Crippen molar-refractivity contribution in [3.05, 3.63) is 65.5 Å². The van der Waals surface area contributed by atoms with E-state index >= 15 is 0 Å². The lowest BCUT2D eigenvalue weighted by molar-refractivity contribution is 0.153. The van der Waals surface area contributed by atoms with Gasteiger partial charge in [0.15, 0.2) is 0 Å². The Labute approximate surface area is 136 Å². The van der Waals surface area contributed by atoms with Crippen LogP contribution in [-0.4, -0.2) is 19.8 Å². The molecule has 2 N–H and O–H groups in total. The van der Waals surface area contributed by atoms with E-state index in [1.165, 1.54) is 5.56 Å². The second-order valence-electron chi connectivity index (χ2n) is 6.12. The summed E-state index contributed by atoms with van der Waals surface area (Å²) in [5.74, 6) is 1.05. The molecule has 3 rings (SSSR count). The normalized spacial score (nSPS) is 12.9. The molecule has 1 heterocycles. The van der Waals surface area contributed by atoms with Crippen LogP contribution in [0.5, 0.6) is 0 Å². The lowest BCUT2D eigenvalue weighted by atomic mass is 10.00. The molecule has 0 fully saturated rings. The molecular weight excluding hydrogens is 288 g/mol. The highest BCUT2D eigenvalue weighted by Gasteiger charge is 2.15. The molecule has 120 valence electrons. The Morgan fingerprint density at radius 1 is 1.00 bits per heavy atom. The Hall–Kier alpha value is -2.17. The summed E-state index contributed by atoms with van der Waals surface area (Å²) in [4.78, 5) is 4.42. The van der Waals surface area contributed by atoms with Crippen molar-refractivity contribution in [2.45, 2.75) is 39.0 Å². The van der Waals surface area contributed by atoms with Crippen molar-refractivity contribution in [1.29, 1.82) is 0 Å². The number of aliphatic hydroxyl groups is 2. The molecule has 1 aromatic heterocycles. The maximum atomic E-state index is 10.6. The second-order valence-corrected chi connectivity index (χ2v) is 6.12. The lowest BCUT2D eigenvalue weighted by Crippen LogP contribution is -2.11. The third-order valence-corrected chi connectivity index (χ3v) is 4.22. The van der Waals surface area contributed by atoms with Gasteiger partial charge in [-0.15, -0.1) is 0 Å². The summed E-state index contributed by atoms with van der Waals surface area (Å²) < 4.78 is 1.89. The first-order valence-electron chi connectivity index (χ1n) is 7.93. The predicted octanol–water partition coefficient (Wildman–Crippen LogP) is 3.39. The van der Waals surface area contributed by atoms with Crippen LogP contribution in [0.1, 0.15) is 42.8 Å². The SMILES string of the molecule is CC(C)c1ccc([C@@H](O)Cn2c(CO)nc3ccccc32)cc1. The number of hydrogen-bond acceptors (Lipinski definition) is 3. The minimum absolute atomic E-state index is 0.145. The molecule has 4 nitrogen and oxygen atoms in total. The van der Waals surface area contributed by atoms with Gasteiger partial charge in [0.05, 0.1) is 23.7 Å². The van der Waals surface area contributed by atoms with Crippen LogP contribution >= 0.6 is 0 Å². The Kier molecular flexibility index (Phi) is 4.46. The Morgan fingerprint density at radius 2 is 1.65 bits per heavy atom. The predicted molar refractivity (Wildman–Crippen MR) is 91.1 cm³/mol. The molecule has 0 radical (unpaired) electrons. The average Bonchev–Trinajstić information content (AvgIpc) is 2.93. The van der Waals surface area contributed by atoms with Crippen LogP contribution in [-0.2, 0) is 13.2 Å². The first-order valence-corrected chi connectivity index (χ1v) is 7.93. The fourth-order valence-electron chi connectivity index (χ4n) is 2.83. The van der Waals surface area contributed by atoms with Gasteiger partial charge >= 0.3 is 0 Å². The van der Waals surface area contributed by atoms with Crippen molar-refractivity contribution < 1.29 is 10.2 Å². The molecule has 0 aliphatic rings. The third-order valence-electron chi connectivity index (χ3n) is 4.22. The molecule has 0 saturated carbocycles. The van der Waals surface area contributed by atoms with Gasteiger partial charge in [-0.1, -0.05) is 50.2 Å². The summed E-state index contributed by atoms with van der Waals surface area (Å²) in [6.07, 6.45) is -0.640. The van der Waals surface area contributed by atoms with Crippen molar-refractivity contribution in [1.82, 2.24) is 9.55 Å². The number of aliphatic hydroxyl groups excluding tert-OH is 2. The zero-order valence-electron chi connectivity index (χ0n) is 13.5. The molecule has 0 aliphatic carbocycles. The highest BCUT2D eigenvalue weighted by atomic mass is 16.3. The van der Waals surface area contributed by atoms with Crippen LogP contribution in [0.4, 0.5) is 0 Å². The quantitative estimate of drug-likeness (QED) is 0.759. The van der Waals surface area contributed by atoms with E-state index in [4.69, 9.17) is 0 Å². The van der Waals surface area contributed by atoms with Gasteiger partial charge in [-0.2, -0.15) is 0 Å². The maximum Gasteiger partial charge on any atom is 0.135 e. The van der Waals surface area contributed by atoms with Crippen molar-refractivity contribution >= 4 is 11.0 Å². The van der Waals surface area contributed by atoms with E-state index in [9.17, 15) is 10.2 Å². The highest BCUT2D eigenvalue weighted by Crippen LogP contribution is 2.23. The van der Waals surface area contributed by atoms with Crippen LogP contribution in [0.15, 0.2) is 48.5 Å². The first-order chi connectivity index (χ1) is 11.1. The largest absolute Gasteiger partial charge is 0.388 e. The van der Waals surface area contributed by atoms with Crippen molar-refractivity contribution in [2.24, 2.45) is 0 Å². The monoisotopic (exact) mass is 310 g/mol. The van der Waals surface area contributed by atoms with E-state index in [0.29, 0.717) is 18.3 Å².